The zero-order chi connectivity index (χ0) is 25.5. The molecule has 0 aromatic heterocycles. The molecule has 0 spiro atoms. The summed E-state index contributed by atoms with van der Waals surface area (Å²) in [6.45, 7) is 5.68. The Balaban J connectivity index is 1.22. The summed E-state index contributed by atoms with van der Waals surface area (Å²) in [5.41, 5.74) is 7.12. The Kier molecular flexibility index (Phi) is 7.37. The Morgan fingerprint density at radius 3 is 1.22 bits per heavy atom. The van der Waals surface area contributed by atoms with E-state index < -0.39 is 0 Å². The molecule has 2 heteroatoms. The molecule has 5 aromatic rings. The maximum atomic E-state index is 5.97. The van der Waals surface area contributed by atoms with Crippen molar-refractivity contribution < 1.29 is 9.47 Å². The number of ether oxygens (including phenoxy) is 2. The molecule has 0 amide bonds. The van der Waals surface area contributed by atoms with E-state index in [1.165, 1.54) is 33.4 Å². The summed E-state index contributed by atoms with van der Waals surface area (Å²) < 4.78 is 11.9. The van der Waals surface area contributed by atoms with Gasteiger partial charge in [0.1, 0.15) is 24.7 Å². The van der Waals surface area contributed by atoms with Gasteiger partial charge in [0.2, 0.25) is 0 Å². The summed E-state index contributed by atoms with van der Waals surface area (Å²) in [5, 5.41) is 0. The van der Waals surface area contributed by atoms with Crippen LogP contribution in [0.25, 0.3) is 11.1 Å². The summed E-state index contributed by atoms with van der Waals surface area (Å²) in [7, 11) is 0. The van der Waals surface area contributed by atoms with Crippen LogP contribution >= 0.6 is 0 Å². The van der Waals surface area contributed by atoms with E-state index in [4.69, 9.17) is 9.47 Å². The van der Waals surface area contributed by atoms with Gasteiger partial charge < -0.3 is 9.47 Å². The summed E-state index contributed by atoms with van der Waals surface area (Å²) in [6, 6.07) is 46.1. The normalized spacial score (nSPS) is 11.2. The molecule has 0 unspecified atom stereocenters. The molecule has 0 saturated carbocycles. The maximum absolute atomic E-state index is 5.97. The predicted octanol–water partition coefficient (Wildman–Crippen LogP) is 8.84. The van der Waals surface area contributed by atoms with Crippen molar-refractivity contribution in [2.45, 2.75) is 32.5 Å². The predicted molar refractivity (Wildman–Crippen MR) is 152 cm³/mol. The highest BCUT2D eigenvalue weighted by molar-refractivity contribution is 5.65. The SMILES string of the molecule is CC(C)(c1ccc(OCc2ccccc2)cc1)c1ccc(-c2ccc(OCc3ccccc3)cc2)cc1. The first-order chi connectivity index (χ1) is 18.1. The summed E-state index contributed by atoms with van der Waals surface area (Å²) >= 11 is 0. The van der Waals surface area contributed by atoms with Crippen molar-refractivity contribution in [2.75, 3.05) is 0 Å². The molecule has 5 aromatic carbocycles. The molecule has 184 valence electrons. The van der Waals surface area contributed by atoms with E-state index in [1.807, 2.05) is 48.5 Å². The standard InChI is InChI=1S/C35H32O2/c1-35(2,32-19-23-34(24-20-32)37-26-28-11-7-4-8-12-28)31-17-13-29(14-18-31)30-15-21-33(22-16-30)36-25-27-9-5-3-6-10-27/h3-24H,25-26H2,1-2H3. The molecule has 0 bridgehead atoms. The number of hydrogen-bond donors (Lipinski definition) is 0. The topological polar surface area (TPSA) is 18.5 Å². The van der Waals surface area contributed by atoms with E-state index in [0.29, 0.717) is 13.2 Å². The van der Waals surface area contributed by atoms with Gasteiger partial charge in [-0.15, -0.1) is 0 Å². The second-order valence-corrected chi connectivity index (χ2v) is 9.80. The average molecular weight is 485 g/mol. The van der Waals surface area contributed by atoms with Gasteiger partial charge >= 0.3 is 0 Å². The highest BCUT2D eigenvalue weighted by Gasteiger charge is 2.23. The molecule has 5 rings (SSSR count). The van der Waals surface area contributed by atoms with Crippen LogP contribution in [0.4, 0.5) is 0 Å². The minimum atomic E-state index is -0.119. The van der Waals surface area contributed by atoms with Crippen LogP contribution in [0.5, 0.6) is 11.5 Å². The Hall–Kier alpha value is -4.30. The summed E-state index contributed by atoms with van der Waals surface area (Å²) in [4.78, 5) is 0. The van der Waals surface area contributed by atoms with Crippen molar-refractivity contribution in [3.63, 3.8) is 0 Å². The van der Waals surface area contributed by atoms with E-state index in [1.54, 1.807) is 0 Å². The molecule has 0 heterocycles. The van der Waals surface area contributed by atoms with Gasteiger partial charge in [0.05, 0.1) is 0 Å². The maximum Gasteiger partial charge on any atom is 0.119 e. The van der Waals surface area contributed by atoms with Crippen LogP contribution < -0.4 is 9.47 Å². The first-order valence-electron chi connectivity index (χ1n) is 12.7. The third kappa shape index (κ3) is 6.10. The van der Waals surface area contributed by atoms with Gasteiger partial charge in [-0.1, -0.05) is 123 Å². The van der Waals surface area contributed by atoms with Crippen LogP contribution in [0.3, 0.4) is 0 Å². The van der Waals surface area contributed by atoms with Crippen molar-refractivity contribution in [1.82, 2.24) is 0 Å². The first kappa shape index (κ1) is 24.4. The zero-order valence-electron chi connectivity index (χ0n) is 21.4. The lowest BCUT2D eigenvalue weighted by atomic mass is 9.78. The van der Waals surface area contributed by atoms with E-state index in [2.05, 4.69) is 98.8 Å². The molecule has 0 atom stereocenters. The third-order valence-corrected chi connectivity index (χ3v) is 6.87. The Bertz CT molecular complexity index is 1390. The third-order valence-electron chi connectivity index (χ3n) is 6.87. The van der Waals surface area contributed by atoms with Gasteiger partial charge in [0.15, 0.2) is 0 Å². The first-order valence-corrected chi connectivity index (χ1v) is 12.7. The van der Waals surface area contributed by atoms with Gasteiger partial charge in [-0.25, -0.2) is 0 Å². The molecule has 0 aliphatic rings. The number of hydrogen-bond acceptors (Lipinski definition) is 2. The lowest BCUT2D eigenvalue weighted by molar-refractivity contribution is 0.306. The monoisotopic (exact) mass is 484 g/mol. The van der Waals surface area contributed by atoms with Crippen molar-refractivity contribution in [3.05, 3.63) is 156 Å². The van der Waals surface area contributed by atoms with Gasteiger partial charge in [-0.2, -0.15) is 0 Å². The molecule has 0 radical (unpaired) electrons. The summed E-state index contributed by atoms with van der Waals surface area (Å²) in [6.07, 6.45) is 0. The molecule has 0 saturated heterocycles. The minimum absolute atomic E-state index is 0.119. The van der Waals surface area contributed by atoms with Crippen molar-refractivity contribution in [1.29, 1.82) is 0 Å². The lowest BCUT2D eigenvalue weighted by Crippen LogP contribution is -2.18. The molecule has 0 N–H and O–H groups in total. The van der Waals surface area contributed by atoms with Crippen LogP contribution in [-0.2, 0) is 18.6 Å². The second-order valence-electron chi connectivity index (χ2n) is 9.80. The Morgan fingerprint density at radius 1 is 0.432 bits per heavy atom. The van der Waals surface area contributed by atoms with Crippen molar-refractivity contribution in [3.8, 4) is 22.6 Å². The fourth-order valence-electron chi connectivity index (χ4n) is 4.44. The molecule has 2 nitrogen and oxygen atoms in total. The lowest BCUT2D eigenvalue weighted by Gasteiger charge is -2.26. The average Bonchev–Trinajstić information content (AvgIpc) is 2.97. The van der Waals surface area contributed by atoms with E-state index in [9.17, 15) is 0 Å². The van der Waals surface area contributed by atoms with Gasteiger partial charge in [0.25, 0.3) is 0 Å². The van der Waals surface area contributed by atoms with Gasteiger partial charge in [0, 0.05) is 5.41 Å². The molecule has 0 aliphatic carbocycles. The van der Waals surface area contributed by atoms with Crippen LogP contribution in [0, 0.1) is 0 Å². The van der Waals surface area contributed by atoms with Crippen molar-refractivity contribution >= 4 is 0 Å². The second kappa shape index (κ2) is 11.2. The quantitative estimate of drug-likeness (QED) is 0.208. The molecule has 37 heavy (non-hydrogen) atoms. The van der Waals surface area contributed by atoms with E-state index >= 15 is 0 Å². The number of benzene rings is 5. The van der Waals surface area contributed by atoms with Crippen LogP contribution in [-0.4, -0.2) is 0 Å². The van der Waals surface area contributed by atoms with Crippen LogP contribution in [0.1, 0.15) is 36.1 Å². The molecule has 0 fully saturated rings. The van der Waals surface area contributed by atoms with Gasteiger partial charge in [-0.05, 0) is 57.6 Å². The van der Waals surface area contributed by atoms with E-state index in [-0.39, 0.29) is 5.41 Å². The Labute approximate surface area is 220 Å². The zero-order valence-corrected chi connectivity index (χ0v) is 21.4. The smallest absolute Gasteiger partial charge is 0.119 e. The minimum Gasteiger partial charge on any atom is -0.489 e. The molecule has 0 aliphatic heterocycles. The Morgan fingerprint density at radius 2 is 0.784 bits per heavy atom. The van der Waals surface area contributed by atoms with Crippen molar-refractivity contribution in [2.24, 2.45) is 0 Å². The highest BCUT2D eigenvalue weighted by Crippen LogP contribution is 2.34. The van der Waals surface area contributed by atoms with Gasteiger partial charge in [-0.3, -0.25) is 0 Å². The highest BCUT2D eigenvalue weighted by atomic mass is 16.5. The number of rotatable bonds is 9. The van der Waals surface area contributed by atoms with Crippen LogP contribution in [0.2, 0.25) is 0 Å². The molecular weight excluding hydrogens is 452 g/mol. The van der Waals surface area contributed by atoms with Crippen LogP contribution in [0.15, 0.2) is 133 Å². The molecular formula is C35H32O2. The fraction of sp³-hybridized carbons (Fsp3) is 0.143. The summed E-state index contributed by atoms with van der Waals surface area (Å²) in [5.74, 6) is 1.76. The van der Waals surface area contributed by atoms with E-state index in [0.717, 1.165) is 11.5 Å². The fourth-order valence-corrected chi connectivity index (χ4v) is 4.44. The largest absolute Gasteiger partial charge is 0.489 e.